The fourth-order valence-electron chi connectivity index (χ4n) is 2.10. The van der Waals surface area contributed by atoms with E-state index in [2.05, 4.69) is 4.72 Å². The number of anilines is 1. The summed E-state index contributed by atoms with van der Waals surface area (Å²) in [6.07, 6.45) is 0. The SMILES string of the molecule is Cc1ccc(NS(=O)(=O)c2cc([N+](=O)[O-])cc(C)c2C)c(Cl)c1. The fraction of sp³-hybridized carbons (Fsp3) is 0.200. The highest BCUT2D eigenvalue weighted by Gasteiger charge is 2.23. The number of aryl methyl sites for hydroxylation is 2. The van der Waals surface area contributed by atoms with Crippen LogP contribution in [0.15, 0.2) is 35.2 Å². The van der Waals surface area contributed by atoms with E-state index in [4.69, 9.17) is 11.6 Å². The molecule has 0 aromatic heterocycles. The molecule has 23 heavy (non-hydrogen) atoms. The molecule has 0 saturated heterocycles. The van der Waals surface area contributed by atoms with Crippen LogP contribution in [-0.2, 0) is 10.0 Å². The van der Waals surface area contributed by atoms with Crippen molar-refractivity contribution in [3.8, 4) is 0 Å². The molecule has 8 heteroatoms. The van der Waals surface area contributed by atoms with E-state index in [0.717, 1.165) is 11.6 Å². The summed E-state index contributed by atoms with van der Waals surface area (Å²) in [5.74, 6) is 0. The van der Waals surface area contributed by atoms with Crippen LogP contribution in [0.4, 0.5) is 11.4 Å². The molecule has 0 spiro atoms. The smallest absolute Gasteiger partial charge is 0.271 e. The van der Waals surface area contributed by atoms with Crippen LogP contribution >= 0.6 is 11.6 Å². The van der Waals surface area contributed by atoms with Crippen molar-refractivity contribution in [2.75, 3.05) is 4.72 Å². The van der Waals surface area contributed by atoms with Crippen LogP contribution in [-0.4, -0.2) is 13.3 Å². The highest BCUT2D eigenvalue weighted by Crippen LogP contribution is 2.29. The van der Waals surface area contributed by atoms with Gasteiger partial charge in [0.25, 0.3) is 15.7 Å². The summed E-state index contributed by atoms with van der Waals surface area (Å²) in [6, 6.07) is 7.29. The van der Waals surface area contributed by atoms with Gasteiger partial charge in [-0.25, -0.2) is 8.42 Å². The number of hydrogen-bond acceptors (Lipinski definition) is 4. The molecule has 0 heterocycles. The Bertz CT molecular complexity index is 895. The summed E-state index contributed by atoms with van der Waals surface area (Å²) in [7, 11) is -4.00. The molecule has 0 aliphatic rings. The Morgan fingerprint density at radius 2 is 1.78 bits per heavy atom. The van der Waals surface area contributed by atoms with Gasteiger partial charge in [0.15, 0.2) is 0 Å². The topological polar surface area (TPSA) is 89.3 Å². The van der Waals surface area contributed by atoms with Gasteiger partial charge in [0.2, 0.25) is 0 Å². The van der Waals surface area contributed by atoms with Crippen molar-refractivity contribution in [2.24, 2.45) is 0 Å². The molecule has 0 unspecified atom stereocenters. The molecule has 122 valence electrons. The average molecular weight is 355 g/mol. The van der Waals surface area contributed by atoms with Gasteiger partial charge in [0, 0.05) is 12.1 Å². The van der Waals surface area contributed by atoms with Crippen LogP contribution in [0.2, 0.25) is 5.02 Å². The first kappa shape index (κ1) is 17.2. The second-order valence-electron chi connectivity index (χ2n) is 5.23. The maximum Gasteiger partial charge on any atom is 0.271 e. The quantitative estimate of drug-likeness (QED) is 0.664. The molecule has 0 aliphatic heterocycles. The lowest BCUT2D eigenvalue weighted by molar-refractivity contribution is -0.385. The number of hydrogen-bond donors (Lipinski definition) is 1. The van der Waals surface area contributed by atoms with Crippen molar-refractivity contribution >= 4 is 33.0 Å². The number of nitrogens with one attached hydrogen (secondary N) is 1. The zero-order chi connectivity index (χ0) is 17.4. The predicted molar refractivity (Wildman–Crippen MR) is 89.6 cm³/mol. The van der Waals surface area contributed by atoms with Gasteiger partial charge in [-0.2, -0.15) is 0 Å². The summed E-state index contributed by atoms with van der Waals surface area (Å²) in [5.41, 5.74) is 1.81. The third kappa shape index (κ3) is 3.62. The molecule has 1 N–H and O–H groups in total. The first-order chi connectivity index (χ1) is 10.6. The van der Waals surface area contributed by atoms with Gasteiger partial charge < -0.3 is 0 Å². The molecule has 2 rings (SSSR count). The van der Waals surface area contributed by atoms with E-state index >= 15 is 0 Å². The number of nitro groups is 1. The second-order valence-corrected chi connectivity index (χ2v) is 7.29. The minimum Gasteiger partial charge on any atom is -0.278 e. The normalized spacial score (nSPS) is 11.3. The molecule has 0 fully saturated rings. The summed E-state index contributed by atoms with van der Waals surface area (Å²) in [6.45, 7) is 5.06. The number of rotatable bonds is 4. The molecule has 0 aliphatic carbocycles. The first-order valence-corrected chi connectivity index (χ1v) is 8.52. The zero-order valence-corrected chi connectivity index (χ0v) is 14.3. The van der Waals surface area contributed by atoms with E-state index in [9.17, 15) is 18.5 Å². The Balaban J connectivity index is 2.53. The van der Waals surface area contributed by atoms with Crippen molar-refractivity contribution in [1.29, 1.82) is 0 Å². The Kier molecular flexibility index (Phi) is 4.63. The Morgan fingerprint density at radius 3 is 2.35 bits per heavy atom. The third-order valence-electron chi connectivity index (χ3n) is 3.47. The molecule has 0 radical (unpaired) electrons. The van der Waals surface area contributed by atoms with Crippen molar-refractivity contribution in [2.45, 2.75) is 25.7 Å². The van der Waals surface area contributed by atoms with Crippen molar-refractivity contribution in [3.05, 3.63) is 62.2 Å². The van der Waals surface area contributed by atoms with E-state index in [1.54, 1.807) is 32.0 Å². The zero-order valence-electron chi connectivity index (χ0n) is 12.8. The molecule has 2 aromatic carbocycles. The minimum absolute atomic E-state index is 0.138. The Morgan fingerprint density at radius 1 is 1.13 bits per heavy atom. The van der Waals surface area contributed by atoms with Gasteiger partial charge in [-0.15, -0.1) is 0 Å². The standard InChI is InChI=1S/C15H15ClN2O4S/c1-9-4-5-14(13(16)6-9)17-23(21,22)15-8-12(18(19)20)7-10(2)11(15)3/h4-8,17H,1-3H3. The number of nitrogens with zero attached hydrogens (tertiary/aromatic N) is 1. The van der Waals surface area contributed by atoms with Gasteiger partial charge in [-0.05, 0) is 49.6 Å². The number of non-ortho nitro benzene ring substituents is 1. The monoisotopic (exact) mass is 354 g/mol. The molecule has 0 amide bonds. The minimum atomic E-state index is -4.00. The average Bonchev–Trinajstić information content (AvgIpc) is 2.44. The van der Waals surface area contributed by atoms with Gasteiger partial charge in [0.1, 0.15) is 0 Å². The lowest BCUT2D eigenvalue weighted by atomic mass is 10.1. The third-order valence-corrected chi connectivity index (χ3v) is 5.28. The molecule has 6 nitrogen and oxygen atoms in total. The van der Waals surface area contributed by atoms with Crippen LogP contribution in [0.1, 0.15) is 16.7 Å². The number of sulfonamides is 1. The maximum atomic E-state index is 12.6. The van der Waals surface area contributed by atoms with Gasteiger partial charge in [-0.1, -0.05) is 17.7 Å². The molecular weight excluding hydrogens is 340 g/mol. The summed E-state index contributed by atoms with van der Waals surface area (Å²) in [5, 5.41) is 11.2. The first-order valence-electron chi connectivity index (χ1n) is 6.66. The molecule has 2 aromatic rings. The lowest BCUT2D eigenvalue weighted by Crippen LogP contribution is -2.15. The summed E-state index contributed by atoms with van der Waals surface area (Å²) >= 11 is 6.04. The number of nitro benzene ring substituents is 1. The van der Waals surface area contributed by atoms with E-state index in [0.29, 0.717) is 11.1 Å². The molecule has 0 bridgehead atoms. The van der Waals surface area contributed by atoms with E-state index in [1.165, 1.54) is 6.07 Å². The highest BCUT2D eigenvalue weighted by atomic mass is 35.5. The van der Waals surface area contributed by atoms with Crippen LogP contribution in [0.3, 0.4) is 0 Å². The summed E-state index contributed by atoms with van der Waals surface area (Å²) in [4.78, 5) is 10.2. The van der Waals surface area contributed by atoms with E-state index < -0.39 is 14.9 Å². The fourth-order valence-corrected chi connectivity index (χ4v) is 3.85. The van der Waals surface area contributed by atoms with Crippen LogP contribution in [0, 0.1) is 30.9 Å². The number of benzene rings is 2. The van der Waals surface area contributed by atoms with E-state index in [1.807, 2.05) is 6.92 Å². The molecule has 0 saturated carbocycles. The number of halogens is 1. The predicted octanol–water partition coefficient (Wildman–Crippen LogP) is 3.97. The Labute approximate surface area is 139 Å². The highest BCUT2D eigenvalue weighted by molar-refractivity contribution is 7.92. The Hall–Kier alpha value is -2.12. The van der Waals surface area contributed by atoms with Crippen molar-refractivity contribution < 1.29 is 13.3 Å². The van der Waals surface area contributed by atoms with Crippen molar-refractivity contribution in [3.63, 3.8) is 0 Å². The molecule has 0 atom stereocenters. The van der Waals surface area contributed by atoms with Crippen LogP contribution in [0.25, 0.3) is 0 Å². The lowest BCUT2D eigenvalue weighted by Gasteiger charge is -2.13. The maximum absolute atomic E-state index is 12.6. The van der Waals surface area contributed by atoms with Gasteiger partial charge in [0.05, 0.1) is 20.5 Å². The van der Waals surface area contributed by atoms with Gasteiger partial charge >= 0.3 is 0 Å². The van der Waals surface area contributed by atoms with Crippen LogP contribution < -0.4 is 4.72 Å². The van der Waals surface area contributed by atoms with E-state index in [-0.39, 0.29) is 21.3 Å². The largest absolute Gasteiger partial charge is 0.278 e. The van der Waals surface area contributed by atoms with Crippen molar-refractivity contribution in [1.82, 2.24) is 0 Å². The summed E-state index contributed by atoms with van der Waals surface area (Å²) < 4.78 is 27.6. The molecular formula is C15H15ClN2O4S. The van der Waals surface area contributed by atoms with Crippen LogP contribution in [0.5, 0.6) is 0 Å². The second kappa shape index (κ2) is 6.17. The van der Waals surface area contributed by atoms with Gasteiger partial charge in [-0.3, -0.25) is 14.8 Å².